The summed E-state index contributed by atoms with van der Waals surface area (Å²) in [6.45, 7) is 2.79. The molecule has 0 aliphatic heterocycles. The highest BCUT2D eigenvalue weighted by Crippen LogP contribution is 2.23. The van der Waals surface area contributed by atoms with E-state index in [1.165, 1.54) is 5.56 Å². The number of aromatic nitrogens is 3. The minimum atomic E-state index is 0.656. The van der Waals surface area contributed by atoms with Gasteiger partial charge in [-0.3, -0.25) is 4.98 Å². The number of hydrogen-bond donors (Lipinski definition) is 1. The SMILES string of the molecule is CCc1cccnc1Cn1c(=S)[nH]c2c(Cl)cccc21. The third kappa shape index (κ3) is 2.25. The van der Waals surface area contributed by atoms with E-state index in [4.69, 9.17) is 23.8 Å². The maximum atomic E-state index is 6.20. The monoisotopic (exact) mass is 303 g/mol. The second-order valence-electron chi connectivity index (χ2n) is 4.61. The summed E-state index contributed by atoms with van der Waals surface area (Å²) < 4.78 is 2.71. The summed E-state index contributed by atoms with van der Waals surface area (Å²) in [4.78, 5) is 7.65. The minimum absolute atomic E-state index is 0.656. The zero-order valence-corrected chi connectivity index (χ0v) is 12.6. The molecule has 102 valence electrons. The fourth-order valence-electron chi connectivity index (χ4n) is 2.39. The summed E-state index contributed by atoms with van der Waals surface area (Å²) in [5.74, 6) is 0. The molecule has 0 atom stereocenters. The van der Waals surface area contributed by atoms with Gasteiger partial charge in [-0.05, 0) is 42.4 Å². The first-order chi connectivity index (χ1) is 9.70. The summed E-state index contributed by atoms with van der Waals surface area (Å²) in [7, 11) is 0. The van der Waals surface area contributed by atoms with E-state index in [9.17, 15) is 0 Å². The van der Waals surface area contributed by atoms with Crippen LogP contribution in [0.1, 0.15) is 18.2 Å². The predicted octanol–water partition coefficient (Wildman–Crippen LogP) is 4.36. The number of fused-ring (bicyclic) bond motifs is 1. The molecule has 1 aromatic carbocycles. The molecule has 2 heterocycles. The van der Waals surface area contributed by atoms with E-state index in [2.05, 4.69) is 23.0 Å². The first-order valence-corrected chi connectivity index (χ1v) is 7.29. The molecule has 20 heavy (non-hydrogen) atoms. The normalized spacial score (nSPS) is 11.1. The maximum Gasteiger partial charge on any atom is 0.178 e. The van der Waals surface area contributed by atoms with Crippen LogP contribution in [0.2, 0.25) is 5.02 Å². The van der Waals surface area contributed by atoms with E-state index < -0.39 is 0 Å². The zero-order valence-electron chi connectivity index (χ0n) is 11.1. The number of rotatable bonds is 3. The molecule has 0 radical (unpaired) electrons. The van der Waals surface area contributed by atoms with Gasteiger partial charge in [-0.15, -0.1) is 0 Å². The van der Waals surface area contributed by atoms with Crippen molar-refractivity contribution in [3.05, 3.63) is 57.6 Å². The molecule has 3 aromatic rings. The van der Waals surface area contributed by atoms with Crippen LogP contribution in [0.5, 0.6) is 0 Å². The molecule has 3 nitrogen and oxygen atoms in total. The van der Waals surface area contributed by atoms with Crippen molar-refractivity contribution in [1.82, 2.24) is 14.5 Å². The average Bonchev–Trinajstić information content (AvgIpc) is 2.78. The Morgan fingerprint density at radius 3 is 2.95 bits per heavy atom. The van der Waals surface area contributed by atoms with E-state index in [0.717, 1.165) is 23.1 Å². The highest BCUT2D eigenvalue weighted by Gasteiger charge is 2.09. The van der Waals surface area contributed by atoms with Gasteiger partial charge in [0.05, 0.1) is 28.3 Å². The van der Waals surface area contributed by atoms with Crippen molar-refractivity contribution in [2.45, 2.75) is 19.9 Å². The Kier molecular flexibility index (Phi) is 3.59. The number of benzene rings is 1. The molecule has 0 amide bonds. The van der Waals surface area contributed by atoms with Crippen LogP contribution in [-0.2, 0) is 13.0 Å². The van der Waals surface area contributed by atoms with Crippen molar-refractivity contribution in [1.29, 1.82) is 0 Å². The fourth-order valence-corrected chi connectivity index (χ4v) is 2.87. The van der Waals surface area contributed by atoms with Gasteiger partial charge < -0.3 is 9.55 Å². The van der Waals surface area contributed by atoms with Crippen molar-refractivity contribution < 1.29 is 0 Å². The van der Waals surface area contributed by atoms with Crippen molar-refractivity contribution in [2.75, 3.05) is 0 Å². The lowest BCUT2D eigenvalue weighted by Gasteiger charge is -2.08. The lowest BCUT2D eigenvalue weighted by molar-refractivity contribution is 0.771. The second-order valence-corrected chi connectivity index (χ2v) is 5.41. The number of H-pyrrole nitrogens is 1. The highest BCUT2D eigenvalue weighted by atomic mass is 35.5. The number of para-hydroxylation sites is 1. The lowest BCUT2D eigenvalue weighted by atomic mass is 10.1. The van der Waals surface area contributed by atoms with Crippen molar-refractivity contribution in [3.8, 4) is 0 Å². The summed E-state index contributed by atoms with van der Waals surface area (Å²) in [5, 5.41) is 0.684. The number of pyridine rings is 1. The Hall–Kier alpha value is -1.65. The molecule has 1 N–H and O–H groups in total. The number of aromatic amines is 1. The van der Waals surface area contributed by atoms with Crippen LogP contribution in [0.15, 0.2) is 36.5 Å². The van der Waals surface area contributed by atoms with Crippen LogP contribution in [0.3, 0.4) is 0 Å². The molecule has 0 saturated heterocycles. The number of imidazole rings is 1. The maximum absolute atomic E-state index is 6.20. The van der Waals surface area contributed by atoms with Gasteiger partial charge in [-0.2, -0.15) is 0 Å². The third-order valence-electron chi connectivity index (χ3n) is 3.43. The van der Waals surface area contributed by atoms with Gasteiger partial charge in [0.2, 0.25) is 0 Å². The smallest absolute Gasteiger partial charge is 0.178 e. The molecular weight excluding hydrogens is 290 g/mol. The van der Waals surface area contributed by atoms with Crippen LogP contribution in [-0.4, -0.2) is 14.5 Å². The molecule has 0 unspecified atom stereocenters. The van der Waals surface area contributed by atoms with Gasteiger partial charge in [-0.25, -0.2) is 0 Å². The molecule has 3 rings (SSSR count). The van der Waals surface area contributed by atoms with Crippen molar-refractivity contribution in [3.63, 3.8) is 0 Å². The molecule has 0 spiro atoms. The Balaban J connectivity index is 2.14. The van der Waals surface area contributed by atoms with Crippen LogP contribution in [0.4, 0.5) is 0 Å². The molecule has 0 aliphatic rings. The Morgan fingerprint density at radius 1 is 1.30 bits per heavy atom. The van der Waals surface area contributed by atoms with Crippen molar-refractivity contribution in [2.24, 2.45) is 0 Å². The summed E-state index contributed by atoms with van der Waals surface area (Å²) in [5.41, 5.74) is 4.18. The number of hydrogen-bond acceptors (Lipinski definition) is 2. The van der Waals surface area contributed by atoms with Crippen LogP contribution in [0, 0.1) is 4.77 Å². The number of halogens is 1. The standard InChI is InChI=1S/C15H14ClN3S/c1-2-10-5-4-8-17-12(10)9-19-13-7-3-6-11(16)14(13)18-15(19)20/h3-8H,2,9H2,1H3,(H,18,20). The van der Waals surface area contributed by atoms with E-state index in [0.29, 0.717) is 16.3 Å². The molecule has 0 fully saturated rings. The Bertz CT molecular complexity index is 819. The zero-order chi connectivity index (χ0) is 14.1. The molecule has 2 aromatic heterocycles. The van der Waals surface area contributed by atoms with Gasteiger partial charge in [-0.1, -0.05) is 30.7 Å². The number of aryl methyl sites for hydroxylation is 1. The lowest BCUT2D eigenvalue weighted by Crippen LogP contribution is -2.05. The van der Waals surface area contributed by atoms with Crippen molar-refractivity contribution >= 4 is 34.9 Å². The predicted molar refractivity (Wildman–Crippen MR) is 84.8 cm³/mol. The highest BCUT2D eigenvalue weighted by molar-refractivity contribution is 7.71. The molecule has 0 saturated carbocycles. The third-order valence-corrected chi connectivity index (χ3v) is 4.07. The van der Waals surface area contributed by atoms with Crippen LogP contribution < -0.4 is 0 Å². The molecular formula is C15H14ClN3S. The topological polar surface area (TPSA) is 33.6 Å². The van der Waals surface area contributed by atoms with Gasteiger partial charge in [0.1, 0.15) is 0 Å². The van der Waals surface area contributed by atoms with Gasteiger partial charge in [0.25, 0.3) is 0 Å². The summed E-state index contributed by atoms with van der Waals surface area (Å²) >= 11 is 11.6. The largest absolute Gasteiger partial charge is 0.329 e. The van der Waals surface area contributed by atoms with E-state index >= 15 is 0 Å². The van der Waals surface area contributed by atoms with Crippen LogP contribution in [0.25, 0.3) is 11.0 Å². The van der Waals surface area contributed by atoms with E-state index in [1.54, 1.807) is 0 Å². The van der Waals surface area contributed by atoms with Gasteiger partial charge >= 0.3 is 0 Å². The summed E-state index contributed by atoms with van der Waals surface area (Å²) in [6.07, 6.45) is 2.78. The molecule has 0 aliphatic carbocycles. The van der Waals surface area contributed by atoms with Gasteiger partial charge in [0.15, 0.2) is 4.77 Å². The van der Waals surface area contributed by atoms with Crippen LogP contribution >= 0.6 is 23.8 Å². The van der Waals surface area contributed by atoms with Gasteiger partial charge in [0, 0.05) is 6.20 Å². The minimum Gasteiger partial charge on any atom is -0.329 e. The van der Waals surface area contributed by atoms with E-state index in [1.807, 2.05) is 35.0 Å². The first-order valence-electron chi connectivity index (χ1n) is 6.50. The Labute approximate surface area is 127 Å². The van der Waals surface area contributed by atoms with E-state index in [-0.39, 0.29) is 0 Å². The first kappa shape index (κ1) is 13.3. The number of nitrogens with zero attached hydrogens (tertiary/aromatic N) is 2. The molecule has 0 bridgehead atoms. The Morgan fingerprint density at radius 2 is 2.15 bits per heavy atom. The fraction of sp³-hybridized carbons (Fsp3) is 0.200. The number of nitrogens with one attached hydrogen (secondary N) is 1. The average molecular weight is 304 g/mol. The quantitative estimate of drug-likeness (QED) is 0.729. The molecule has 5 heteroatoms. The second kappa shape index (κ2) is 5.38. The summed E-state index contributed by atoms with van der Waals surface area (Å²) in [6, 6.07) is 9.88.